The SMILES string of the molecule is CC1Cc2cc(C(=O)CBr)ccc2O1. The predicted molar refractivity (Wildman–Crippen MR) is 58.4 cm³/mol. The standard InChI is InChI=1S/C11H11BrO2/c1-7-4-9-5-8(10(13)6-12)2-3-11(9)14-7/h2-3,5,7H,4,6H2,1H3. The minimum atomic E-state index is 0.118. The lowest BCUT2D eigenvalue weighted by atomic mass is 10.1. The second kappa shape index (κ2) is 3.73. The largest absolute Gasteiger partial charge is 0.490 e. The highest BCUT2D eigenvalue weighted by atomic mass is 79.9. The summed E-state index contributed by atoms with van der Waals surface area (Å²) in [6, 6.07) is 5.64. The van der Waals surface area contributed by atoms with Crippen molar-refractivity contribution in [2.45, 2.75) is 19.4 Å². The Morgan fingerprint density at radius 2 is 2.43 bits per heavy atom. The molecule has 1 aromatic carbocycles. The summed E-state index contributed by atoms with van der Waals surface area (Å²) >= 11 is 3.16. The van der Waals surface area contributed by atoms with Crippen molar-refractivity contribution in [3.63, 3.8) is 0 Å². The van der Waals surface area contributed by atoms with Crippen molar-refractivity contribution >= 4 is 21.7 Å². The number of rotatable bonds is 2. The van der Waals surface area contributed by atoms with Gasteiger partial charge in [0.1, 0.15) is 11.9 Å². The Hall–Kier alpha value is -0.830. The van der Waals surface area contributed by atoms with E-state index in [2.05, 4.69) is 15.9 Å². The molecule has 1 unspecified atom stereocenters. The molecule has 0 spiro atoms. The molecule has 1 heterocycles. The molecule has 0 radical (unpaired) electrons. The molecule has 3 heteroatoms. The first-order chi connectivity index (χ1) is 6.70. The number of alkyl halides is 1. The van der Waals surface area contributed by atoms with Gasteiger partial charge in [-0.1, -0.05) is 15.9 Å². The van der Waals surface area contributed by atoms with E-state index in [9.17, 15) is 4.79 Å². The van der Waals surface area contributed by atoms with E-state index < -0.39 is 0 Å². The third-order valence-corrected chi connectivity index (χ3v) is 2.85. The molecule has 0 amide bonds. The van der Waals surface area contributed by atoms with Crippen LogP contribution in [0, 0.1) is 0 Å². The molecule has 0 saturated carbocycles. The zero-order valence-electron chi connectivity index (χ0n) is 7.92. The lowest BCUT2D eigenvalue weighted by molar-refractivity contribution is 0.102. The van der Waals surface area contributed by atoms with Gasteiger partial charge in [-0.3, -0.25) is 4.79 Å². The number of ether oxygens (including phenoxy) is 1. The van der Waals surface area contributed by atoms with E-state index in [0.29, 0.717) is 5.33 Å². The molecule has 1 aliphatic rings. The van der Waals surface area contributed by atoms with E-state index in [1.807, 2.05) is 25.1 Å². The number of carbonyl (C=O) groups is 1. The average molecular weight is 255 g/mol. The Morgan fingerprint density at radius 1 is 1.64 bits per heavy atom. The van der Waals surface area contributed by atoms with Crippen LogP contribution in [-0.4, -0.2) is 17.2 Å². The number of carbonyl (C=O) groups excluding carboxylic acids is 1. The highest BCUT2D eigenvalue weighted by molar-refractivity contribution is 9.09. The number of halogens is 1. The van der Waals surface area contributed by atoms with Crippen molar-refractivity contribution in [3.05, 3.63) is 29.3 Å². The topological polar surface area (TPSA) is 26.3 Å². The third-order valence-electron chi connectivity index (χ3n) is 2.34. The van der Waals surface area contributed by atoms with E-state index >= 15 is 0 Å². The summed E-state index contributed by atoms with van der Waals surface area (Å²) in [7, 11) is 0. The summed E-state index contributed by atoms with van der Waals surface area (Å²) in [6.07, 6.45) is 1.14. The van der Waals surface area contributed by atoms with Crippen LogP contribution in [0.3, 0.4) is 0 Å². The van der Waals surface area contributed by atoms with E-state index in [0.717, 1.165) is 23.3 Å². The minimum absolute atomic E-state index is 0.118. The van der Waals surface area contributed by atoms with Crippen molar-refractivity contribution in [2.24, 2.45) is 0 Å². The first-order valence-corrected chi connectivity index (χ1v) is 5.71. The molecule has 74 valence electrons. The molecule has 2 nitrogen and oxygen atoms in total. The summed E-state index contributed by atoms with van der Waals surface area (Å²) in [5, 5.41) is 0.377. The Morgan fingerprint density at radius 3 is 3.14 bits per heavy atom. The monoisotopic (exact) mass is 254 g/mol. The fourth-order valence-corrected chi connectivity index (χ4v) is 2.00. The molecule has 2 rings (SSSR count). The third kappa shape index (κ3) is 1.69. The first kappa shape index (κ1) is 9.71. The van der Waals surface area contributed by atoms with Gasteiger partial charge in [0.05, 0.1) is 5.33 Å². The van der Waals surface area contributed by atoms with Crippen LogP contribution in [0.15, 0.2) is 18.2 Å². The van der Waals surface area contributed by atoms with Crippen LogP contribution in [0.25, 0.3) is 0 Å². The lowest BCUT2D eigenvalue weighted by Crippen LogP contribution is -2.05. The zero-order chi connectivity index (χ0) is 10.1. The molecule has 0 aliphatic carbocycles. The Bertz CT molecular complexity index is 374. The van der Waals surface area contributed by atoms with Crippen LogP contribution in [0.4, 0.5) is 0 Å². The maximum atomic E-state index is 11.4. The van der Waals surface area contributed by atoms with Crippen LogP contribution in [0.2, 0.25) is 0 Å². The van der Waals surface area contributed by atoms with Gasteiger partial charge in [-0.05, 0) is 30.7 Å². The molecule has 0 bridgehead atoms. The lowest BCUT2D eigenvalue weighted by Gasteiger charge is -2.02. The van der Waals surface area contributed by atoms with Crippen molar-refractivity contribution in [2.75, 3.05) is 5.33 Å². The normalized spacial score (nSPS) is 18.9. The highest BCUT2D eigenvalue weighted by Crippen LogP contribution is 2.29. The molecule has 14 heavy (non-hydrogen) atoms. The van der Waals surface area contributed by atoms with E-state index in [4.69, 9.17) is 4.74 Å². The smallest absolute Gasteiger partial charge is 0.173 e. The summed E-state index contributed by atoms with van der Waals surface area (Å²) in [4.78, 5) is 11.4. The molecular formula is C11H11BrO2. The summed E-state index contributed by atoms with van der Waals surface area (Å²) in [5.41, 5.74) is 1.91. The fraction of sp³-hybridized carbons (Fsp3) is 0.364. The van der Waals surface area contributed by atoms with Gasteiger partial charge < -0.3 is 4.74 Å². The van der Waals surface area contributed by atoms with Gasteiger partial charge in [0, 0.05) is 12.0 Å². The molecule has 0 aromatic heterocycles. The second-order valence-electron chi connectivity index (χ2n) is 3.51. The number of hydrogen-bond acceptors (Lipinski definition) is 2. The number of ketones is 1. The van der Waals surface area contributed by atoms with Crippen LogP contribution < -0.4 is 4.74 Å². The number of benzene rings is 1. The molecule has 0 saturated heterocycles. The minimum Gasteiger partial charge on any atom is -0.490 e. The average Bonchev–Trinajstić information content (AvgIpc) is 2.55. The maximum absolute atomic E-state index is 11.4. The van der Waals surface area contributed by atoms with Crippen LogP contribution in [-0.2, 0) is 6.42 Å². The van der Waals surface area contributed by atoms with Crippen molar-refractivity contribution in [1.82, 2.24) is 0 Å². The second-order valence-corrected chi connectivity index (χ2v) is 4.07. The van der Waals surface area contributed by atoms with E-state index in [1.165, 1.54) is 0 Å². The van der Waals surface area contributed by atoms with Crippen LogP contribution in [0.5, 0.6) is 5.75 Å². The van der Waals surface area contributed by atoms with Gasteiger partial charge in [-0.25, -0.2) is 0 Å². The van der Waals surface area contributed by atoms with E-state index in [-0.39, 0.29) is 11.9 Å². The first-order valence-electron chi connectivity index (χ1n) is 4.59. The van der Waals surface area contributed by atoms with E-state index in [1.54, 1.807) is 0 Å². The molecule has 0 fully saturated rings. The van der Waals surface area contributed by atoms with Gasteiger partial charge in [-0.15, -0.1) is 0 Å². The van der Waals surface area contributed by atoms with Gasteiger partial charge in [0.2, 0.25) is 0 Å². The number of hydrogen-bond donors (Lipinski definition) is 0. The molecule has 1 atom stereocenters. The highest BCUT2D eigenvalue weighted by Gasteiger charge is 2.19. The fourth-order valence-electron chi connectivity index (χ4n) is 1.67. The van der Waals surface area contributed by atoms with Gasteiger partial charge >= 0.3 is 0 Å². The quantitative estimate of drug-likeness (QED) is 0.599. The Labute approximate surface area is 91.4 Å². The van der Waals surface area contributed by atoms with Gasteiger partial charge in [0.25, 0.3) is 0 Å². The van der Waals surface area contributed by atoms with Crippen molar-refractivity contribution < 1.29 is 9.53 Å². The molecule has 0 N–H and O–H groups in total. The maximum Gasteiger partial charge on any atom is 0.173 e. The van der Waals surface area contributed by atoms with Crippen molar-refractivity contribution in [3.8, 4) is 5.75 Å². The molecule has 1 aliphatic heterocycles. The number of fused-ring (bicyclic) bond motifs is 1. The summed E-state index contributed by atoms with van der Waals surface area (Å²) < 4.78 is 5.55. The summed E-state index contributed by atoms with van der Waals surface area (Å²) in [5.74, 6) is 1.04. The van der Waals surface area contributed by atoms with Crippen molar-refractivity contribution in [1.29, 1.82) is 0 Å². The molecular weight excluding hydrogens is 244 g/mol. The Kier molecular flexibility index (Phi) is 2.59. The van der Waals surface area contributed by atoms with Crippen LogP contribution in [0.1, 0.15) is 22.8 Å². The predicted octanol–water partition coefficient (Wildman–Crippen LogP) is 2.59. The number of Topliss-reactive ketones (excluding diaryl/α,β-unsaturated/α-hetero) is 1. The molecule has 1 aromatic rings. The van der Waals surface area contributed by atoms with Crippen LogP contribution >= 0.6 is 15.9 Å². The Balaban J connectivity index is 2.33. The summed E-state index contributed by atoms with van der Waals surface area (Å²) in [6.45, 7) is 2.03. The van der Waals surface area contributed by atoms with Gasteiger partial charge in [0.15, 0.2) is 5.78 Å². The van der Waals surface area contributed by atoms with Gasteiger partial charge in [-0.2, -0.15) is 0 Å². The zero-order valence-corrected chi connectivity index (χ0v) is 9.50.